The first-order chi connectivity index (χ1) is 18.3. The molecule has 38 heavy (non-hydrogen) atoms. The van der Waals surface area contributed by atoms with Crippen molar-refractivity contribution in [1.29, 1.82) is 0 Å². The van der Waals surface area contributed by atoms with E-state index >= 15 is 0 Å². The molecule has 196 valence electrons. The van der Waals surface area contributed by atoms with Gasteiger partial charge in [-0.25, -0.2) is 4.98 Å². The molecule has 0 saturated carbocycles. The zero-order valence-corrected chi connectivity index (χ0v) is 21.4. The first-order valence-corrected chi connectivity index (χ1v) is 12.3. The van der Waals surface area contributed by atoms with Crippen LogP contribution in [0, 0.1) is 0 Å². The minimum atomic E-state index is -0.587. The molecule has 1 aromatic heterocycles. The van der Waals surface area contributed by atoms with Gasteiger partial charge in [0, 0.05) is 18.2 Å². The molecule has 1 aliphatic carbocycles. The van der Waals surface area contributed by atoms with Crippen molar-refractivity contribution in [1.82, 2.24) is 25.5 Å². The molecule has 2 atom stereocenters. The Morgan fingerprint density at radius 1 is 1.11 bits per heavy atom. The summed E-state index contributed by atoms with van der Waals surface area (Å²) in [5.41, 5.74) is 2.23. The Bertz CT molecular complexity index is 1460. The summed E-state index contributed by atoms with van der Waals surface area (Å²) in [7, 11) is 3.15. The highest BCUT2D eigenvalue weighted by atomic mass is 16.2. The molecule has 4 N–H and O–H groups in total. The maximum Gasteiger partial charge on any atom is 0.278 e. The second-order valence-electron chi connectivity index (χ2n) is 8.93. The fraction of sp³-hybridized carbons (Fsp3) is 0.250. The van der Waals surface area contributed by atoms with E-state index in [1.165, 1.54) is 17.8 Å². The van der Waals surface area contributed by atoms with E-state index in [0.29, 0.717) is 17.5 Å². The molecule has 0 aliphatic heterocycles. The van der Waals surface area contributed by atoms with Gasteiger partial charge in [-0.15, -0.1) is 0 Å². The lowest BCUT2D eigenvalue weighted by molar-refractivity contribution is -0.122. The number of carbonyl (C=O) groups excluding carboxylic acids is 3. The quantitative estimate of drug-likeness (QED) is 0.364. The molecule has 4 rings (SSSR count). The van der Waals surface area contributed by atoms with Crippen LogP contribution < -0.4 is 26.8 Å². The number of aromatic nitrogens is 2. The Kier molecular flexibility index (Phi) is 8.12. The van der Waals surface area contributed by atoms with Crippen LogP contribution in [0.5, 0.6) is 0 Å². The van der Waals surface area contributed by atoms with Crippen LogP contribution in [0.2, 0.25) is 0 Å². The van der Waals surface area contributed by atoms with Crippen LogP contribution >= 0.6 is 0 Å². The molecule has 1 unspecified atom stereocenters. The molecule has 3 aromatic rings. The van der Waals surface area contributed by atoms with Crippen molar-refractivity contribution >= 4 is 29.5 Å². The van der Waals surface area contributed by atoms with Gasteiger partial charge < -0.3 is 21.3 Å². The lowest BCUT2D eigenvalue weighted by Crippen LogP contribution is -2.39. The Morgan fingerprint density at radius 2 is 1.89 bits per heavy atom. The Labute approximate surface area is 220 Å². The van der Waals surface area contributed by atoms with Crippen molar-refractivity contribution in [2.24, 2.45) is 0 Å². The van der Waals surface area contributed by atoms with Gasteiger partial charge >= 0.3 is 0 Å². The summed E-state index contributed by atoms with van der Waals surface area (Å²) in [6.45, 7) is 1.32. The highest BCUT2D eigenvalue weighted by molar-refractivity contribution is 5.95. The summed E-state index contributed by atoms with van der Waals surface area (Å²) in [4.78, 5) is 55.8. The summed E-state index contributed by atoms with van der Waals surface area (Å²) in [5.74, 6) is -0.908. The van der Waals surface area contributed by atoms with Crippen LogP contribution in [0.4, 0.5) is 5.69 Å². The number of nitrogens with one attached hydrogen (secondary N) is 4. The minimum Gasteiger partial charge on any atom is -0.355 e. The monoisotopic (exact) mass is 514 g/mol. The van der Waals surface area contributed by atoms with Crippen molar-refractivity contribution in [3.8, 4) is 11.4 Å². The number of nitrogens with zero attached hydrogens (tertiary/aromatic N) is 2. The molecule has 0 saturated heterocycles. The average Bonchev–Trinajstić information content (AvgIpc) is 2.94. The van der Waals surface area contributed by atoms with Crippen LogP contribution in [0.1, 0.15) is 40.9 Å². The molecular formula is C28H30N6O4. The molecule has 1 aliphatic rings. The lowest BCUT2D eigenvalue weighted by Gasteiger charge is -2.23. The minimum absolute atomic E-state index is 0.0537. The molecular weight excluding hydrogens is 484 g/mol. The number of likely N-dealkylation sites (N-methyl/N-ethyl adjacent to an activating group) is 1. The zero-order valence-electron chi connectivity index (χ0n) is 21.4. The van der Waals surface area contributed by atoms with Gasteiger partial charge in [-0.3, -0.25) is 23.7 Å². The summed E-state index contributed by atoms with van der Waals surface area (Å²) >= 11 is 0. The Hall–Kier alpha value is -4.57. The summed E-state index contributed by atoms with van der Waals surface area (Å²) in [6.07, 6.45) is 5.90. The van der Waals surface area contributed by atoms with E-state index < -0.39 is 17.5 Å². The molecule has 1 heterocycles. The first-order valence-electron chi connectivity index (χ1n) is 12.3. The highest BCUT2D eigenvalue weighted by Gasteiger charge is 2.22. The lowest BCUT2D eigenvalue weighted by atomic mass is 9.93. The normalized spacial score (nSPS) is 14.8. The third-order valence-corrected chi connectivity index (χ3v) is 6.42. The number of anilines is 1. The SMILES string of the molecule is CNC(=O)c1cccc(-c2ncc(NC(=O)[C@H](C)NC)c(=O)n2CC(=O)NC2CC=Cc3ccccc32)c1. The number of hydrogen-bond donors (Lipinski definition) is 4. The fourth-order valence-corrected chi connectivity index (χ4v) is 4.23. The van der Waals surface area contributed by atoms with Crippen LogP contribution in [-0.4, -0.2) is 47.4 Å². The van der Waals surface area contributed by atoms with E-state index in [0.717, 1.165) is 11.1 Å². The van der Waals surface area contributed by atoms with Gasteiger partial charge in [0.15, 0.2) is 0 Å². The van der Waals surface area contributed by atoms with Gasteiger partial charge in [0.2, 0.25) is 11.8 Å². The third-order valence-electron chi connectivity index (χ3n) is 6.42. The van der Waals surface area contributed by atoms with E-state index in [-0.39, 0.29) is 35.9 Å². The number of amides is 3. The zero-order chi connectivity index (χ0) is 27.2. The van der Waals surface area contributed by atoms with Crippen molar-refractivity contribution < 1.29 is 14.4 Å². The second-order valence-corrected chi connectivity index (χ2v) is 8.93. The fourth-order valence-electron chi connectivity index (χ4n) is 4.23. The maximum absolute atomic E-state index is 13.5. The largest absolute Gasteiger partial charge is 0.355 e. The van der Waals surface area contributed by atoms with Gasteiger partial charge in [0.05, 0.1) is 18.3 Å². The summed E-state index contributed by atoms with van der Waals surface area (Å²) in [5, 5.41) is 11.0. The van der Waals surface area contributed by atoms with Crippen LogP contribution in [-0.2, 0) is 16.1 Å². The Balaban J connectivity index is 1.70. The number of hydrogen-bond acceptors (Lipinski definition) is 6. The predicted molar refractivity (Wildman–Crippen MR) is 145 cm³/mol. The number of rotatable bonds is 8. The van der Waals surface area contributed by atoms with Crippen molar-refractivity contribution in [3.63, 3.8) is 0 Å². The predicted octanol–water partition coefficient (Wildman–Crippen LogP) is 2.09. The van der Waals surface area contributed by atoms with Gasteiger partial charge in [-0.1, -0.05) is 48.6 Å². The molecule has 0 fully saturated rings. The third kappa shape index (κ3) is 5.70. The number of fused-ring (bicyclic) bond motifs is 1. The van der Waals surface area contributed by atoms with E-state index in [1.54, 1.807) is 38.2 Å². The van der Waals surface area contributed by atoms with Crippen LogP contribution in [0.15, 0.2) is 65.6 Å². The summed E-state index contributed by atoms with van der Waals surface area (Å²) < 4.78 is 1.21. The van der Waals surface area contributed by atoms with E-state index in [2.05, 4.69) is 26.3 Å². The standard InChI is InChI=1S/C28H30N6O4/c1-17(29-2)26(36)33-23-15-31-25(19-10-6-11-20(14-19)27(37)30-3)34(28(23)38)16-24(35)32-22-13-7-9-18-8-4-5-12-21(18)22/h4-12,14-15,17,22,29H,13,16H2,1-3H3,(H,30,37)(H,32,35)(H,33,36)/t17-,22?/m0/s1. The highest BCUT2D eigenvalue weighted by Crippen LogP contribution is 2.27. The van der Waals surface area contributed by atoms with Crippen LogP contribution in [0.3, 0.4) is 0 Å². The summed E-state index contributed by atoms with van der Waals surface area (Å²) in [6, 6.07) is 13.6. The van der Waals surface area contributed by atoms with Crippen molar-refractivity contribution in [2.45, 2.75) is 32.0 Å². The van der Waals surface area contributed by atoms with Crippen molar-refractivity contribution in [3.05, 3.63) is 87.8 Å². The van der Waals surface area contributed by atoms with Gasteiger partial charge in [-0.05, 0) is 43.7 Å². The smallest absolute Gasteiger partial charge is 0.278 e. The van der Waals surface area contributed by atoms with Gasteiger partial charge in [-0.2, -0.15) is 0 Å². The Morgan fingerprint density at radius 3 is 2.66 bits per heavy atom. The van der Waals surface area contributed by atoms with E-state index in [9.17, 15) is 19.2 Å². The van der Waals surface area contributed by atoms with Crippen molar-refractivity contribution in [2.75, 3.05) is 19.4 Å². The maximum atomic E-state index is 13.5. The molecule has 3 amide bonds. The first kappa shape index (κ1) is 26.5. The van der Waals surface area contributed by atoms with Gasteiger partial charge in [0.1, 0.15) is 18.1 Å². The number of benzene rings is 2. The molecule has 0 radical (unpaired) electrons. The molecule has 2 aromatic carbocycles. The van der Waals surface area contributed by atoms with Gasteiger partial charge in [0.25, 0.3) is 11.5 Å². The number of carbonyl (C=O) groups is 3. The van der Waals surface area contributed by atoms with Crippen LogP contribution in [0.25, 0.3) is 17.5 Å². The second kappa shape index (κ2) is 11.7. The average molecular weight is 515 g/mol. The van der Waals surface area contributed by atoms with E-state index in [4.69, 9.17) is 0 Å². The molecule has 10 heteroatoms. The molecule has 10 nitrogen and oxygen atoms in total. The molecule has 0 spiro atoms. The van der Waals surface area contributed by atoms with E-state index in [1.807, 2.05) is 36.4 Å². The topological polar surface area (TPSA) is 134 Å². The molecule has 0 bridgehead atoms.